The van der Waals surface area contributed by atoms with Crippen molar-refractivity contribution in [2.45, 2.75) is 37.1 Å². The largest absolute Gasteiger partial charge is 0.497 e. The van der Waals surface area contributed by atoms with Gasteiger partial charge in [0.15, 0.2) is 0 Å². The van der Waals surface area contributed by atoms with Crippen molar-refractivity contribution in [3.8, 4) is 5.75 Å². The lowest BCUT2D eigenvalue weighted by Gasteiger charge is -2.64. The van der Waals surface area contributed by atoms with Gasteiger partial charge in [0.1, 0.15) is 5.75 Å². The summed E-state index contributed by atoms with van der Waals surface area (Å²) in [5, 5.41) is 11.0. The normalized spacial score (nSPS) is 31.6. The Labute approximate surface area is 201 Å². The molecule has 4 unspecified atom stereocenters. The van der Waals surface area contributed by atoms with Gasteiger partial charge in [-0.1, -0.05) is 73.7 Å². The lowest BCUT2D eigenvalue weighted by molar-refractivity contribution is -0.164. The summed E-state index contributed by atoms with van der Waals surface area (Å²) in [6.45, 7) is 4.34. The summed E-state index contributed by atoms with van der Waals surface area (Å²) in [5.41, 5.74) is 3.41. The van der Waals surface area contributed by atoms with Crippen LogP contribution < -0.4 is 4.74 Å². The second-order valence-corrected chi connectivity index (χ2v) is 10.6. The molecule has 4 heteroatoms. The van der Waals surface area contributed by atoms with Crippen molar-refractivity contribution in [2.75, 3.05) is 20.2 Å². The SMILES string of the molecule is COc1ccc(C23CCC(C)(c4ccccc42)C2(C(=O)O)CN(Cc4ccccc4)CC32)cc1. The Morgan fingerprint density at radius 3 is 2.32 bits per heavy atom. The maximum absolute atomic E-state index is 13.4. The Kier molecular flexibility index (Phi) is 4.69. The highest BCUT2D eigenvalue weighted by Crippen LogP contribution is 2.71. The Hall–Kier alpha value is -3.11. The van der Waals surface area contributed by atoms with E-state index in [1.807, 2.05) is 18.2 Å². The van der Waals surface area contributed by atoms with Crippen LogP contribution in [0.1, 0.15) is 42.0 Å². The maximum atomic E-state index is 13.4. The van der Waals surface area contributed by atoms with Gasteiger partial charge in [-0.15, -0.1) is 0 Å². The fourth-order valence-electron chi connectivity index (χ4n) is 7.78. The number of rotatable bonds is 5. The number of carboxylic acid groups (broad SMARTS) is 1. The van der Waals surface area contributed by atoms with Gasteiger partial charge in [-0.05, 0) is 47.2 Å². The zero-order valence-electron chi connectivity index (χ0n) is 19.8. The first-order valence-corrected chi connectivity index (χ1v) is 12.2. The van der Waals surface area contributed by atoms with Crippen molar-refractivity contribution in [1.82, 2.24) is 4.90 Å². The van der Waals surface area contributed by atoms with E-state index >= 15 is 0 Å². The van der Waals surface area contributed by atoms with Crippen LogP contribution in [0.3, 0.4) is 0 Å². The van der Waals surface area contributed by atoms with E-state index in [1.165, 1.54) is 22.3 Å². The van der Waals surface area contributed by atoms with E-state index in [2.05, 4.69) is 72.5 Å². The van der Waals surface area contributed by atoms with Crippen molar-refractivity contribution in [3.63, 3.8) is 0 Å². The third kappa shape index (κ3) is 2.60. The topological polar surface area (TPSA) is 49.8 Å². The molecule has 4 atom stereocenters. The molecule has 2 bridgehead atoms. The minimum absolute atomic E-state index is 0.0109. The molecule has 3 aromatic carbocycles. The highest BCUT2D eigenvalue weighted by Gasteiger charge is 2.74. The quantitative estimate of drug-likeness (QED) is 0.573. The molecule has 4 nitrogen and oxygen atoms in total. The number of hydrogen-bond acceptors (Lipinski definition) is 3. The number of aliphatic carboxylic acids is 1. The van der Waals surface area contributed by atoms with Crippen LogP contribution in [0.4, 0.5) is 0 Å². The highest BCUT2D eigenvalue weighted by molar-refractivity contribution is 5.82. The zero-order valence-corrected chi connectivity index (χ0v) is 19.8. The van der Waals surface area contributed by atoms with E-state index < -0.39 is 16.8 Å². The lowest BCUT2D eigenvalue weighted by atomic mass is 9.37. The fraction of sp³-hybridized carbons (Fsp3) is 0.367. The van der Waals surface area contributed by atoms with E-state index in [1.54, 1.807) is 7.11 Å². The number of nitrogens with zero attached hydrogens (tertiary/aromatic N) is 1. The summed E-state index contributed by atoms with van der Waals surface area (Å²) in [5.74, 6) is 0.164. The molecule has 7 rings (SSSR count). The standard InChI is InChI=1S/C30H31NO3/c1-28-16-17-29(25-11-7-6-10-24(25)28,22-12-14-23(34-2)15-13-22)26-19-31(20-30(26,28)27(32)33)18-21-8-4-3-5-9-21/h3-15,26H,16-20H2,1-2H3,(H,32,33). The van der Waals surface area contributed by atoms with Crippen LogP contribution in [0.2, 0.25) is 0 Å². The van der Waals surface area contributed by atoms with Crippen LogP contribution >= 0.6 is 0 Å². The predicted molar refractivity (Wildman–Crippen MR) is 132 cm³/mol. The summed E-state index contributed by atoms with van der Waals surface area (Å²) in [6.07, 6.45) is 1.84. The minimum atomic E-state index is -0.839. The number of benzene rings is 3. The van der Waals surface area contributed by atoms with E-state index in [-0.39, 0.29) is 11.3 Å². The van der Waals surface area contributed by atoms with Crippen molar-refractivity contribution in [2.24, 2.45) is 11.3 Å². The highest BCUT2D eigenvalue weighted by atomic mass is 16.5. The molecule has 1 saturated carbocycles. The average Bonchev–Trinajstić information content (AvgIpc) is 3.28. The van der Waals surface area contributed by atoms with Gasteiger partial charge in [0.2, 0.25) is 0 Å². The van der Waals surface area contributed by atoms with E-state index in [0.29, 0.717) is 6.54 Å². The Morgan fingerprint density at radius 2 is 1.65 bits per heavy atom. The second-order valence-electron chi connectivity index (χ2n) is 10.6. The number of carboxylic acids is 1. The van der Waals surface area contributed by atoms with Gasteiger partial charge >= 0.3 is 5.97 Å². The second kappa shape index (κ2) is 7.44. The van der Waals surface area contributed by atoms with Gasteiger partial charge < -0.3 is 9.84 Å². The molecule has 1 saturated heterocycles. The lowest BCUT2D eigenvalue weighted by Crippen LogP contribution is -2.67. The van der Waals surface area contributed by atoms with Crippen LogP contribution in [-0.2, 0) is 22.2 Å². The molecule has 1 aliphatic heterocycles. The summed E-state index contributed by atoms with van der Waals surface area (Å²) in [4.78, 5) is 15.8. The molecule has 174 valence electrons. The third-order valence-corrected chi connectivity index (χ3v) is 9.35. The average molecular weight is 454 g/mol. The number of likely N-dealkylation sites (tertiary alicyclic amines) is 1. The number of carbonyl (C=O) groups is 1. The molecule has 1 heterocycles. The van der Waals surface area contributed by atoms with E-state index in [0.717, 1.165) is 31.7 Å². The van der Waals surface area contributed by atoms with Gasteiger partial charge in [0.05, 0.1) is 12.5 Å². The Balaban J connectivity index is 1.56. The Morgan fingerprint density at radius 1 is 0.971 bits per heavy atom. The first-order chi connectivity index (χ1) is 16.5. The molecule has 3 aromatic rings. The molecule has 4 aliphatic rings. The summed E-state index contributed by atoms with van der Waals surface area (Å²) in [7, 11) is 1.68. The molecule has 34 heavy (non-hydrogen) atoms. The molecule has 1 N–H and O–H groups in total. The van der Waals surface area contributed by atoms with Gasteiger partial charge in [-0.25, -0.2) is 0 Å². The predicted octanol–water partition coefficient (Wildman–Crippen LogP) is 5.25. The number of hydrogen-bond donors (Lipinski definition) is 1. The fourth-order valence-corrected chi connectivity index (χ4v) is 7.78. The van der Waals surface area contributed by atoms with Gasteiger partial charge in [-0.3, -0.25) is 9.69 Å². The molecule has 3 aliphatic carbocycles. The molecule has 0 aromatic heterocycles. The molecular formula is C30H31NO3. The summed E-state index contributed by atoms with van der Waals surface area (Å²) in [6, 6.07) is 27.4. The van der Waals surface area contributed by atoms with E-state index in [9.17, 15) is 9.90 Å². The maximum Gasteiger partial charge on any atom is 0.312 e. The zero-order chi connectivity index (χ0) is 23.6. The van der Waals surface area contributed by atoms with Gasteiger partial charge in [0, 0.05) is 36.4 Å². The number of methoxy groups -OCH3 is 1. The molecular weight excluding hydrogens is 422 g/mol. The van der Waals surface area contributed by atoms with Crippen molar-refractivity contribution < 1.29 is 14.6 Å². The number of fused-ring (bicyclic) bond motifs is 1. The first kappa shape index (κ1) is 21.4. The van der Waals surface area contributed by atoms with Crippen LogP contribution in [0, 0.1) is 11.3 Å². The minimum Gasteiger partial charge on any atom is -0.497 e. The molecule has 0 radical (unpaired) electrons. The van der Waals surface area contributed by atoms with Crippen molar-refractivity contribution in [1.29, 1.82) is 0 Å². The summed E-state index contributed by atoms with van der Waals surface area (Å²) >= 11 is 0. The first-order valence-electron chi connectivity index (χ1n) is 12.2. The Bertz CT molecular complexity index is 1240. The third-order valence-electron chi connectivity index (χ3n) is 9.35. The van der Waals surface area contributed by atoms with Crippen LogP contribution in [0.5, 0.6) is 5.75 Å². The van der Waals surface area contributed by atoms with Gasteiger partial charge in [0.25, 0.3) is 0 Å². The van der Waals surface area contributed by atoms with Gasteiger partial charge in [-0.2, -0.15) is 0 Å². The monoisotopic (exact) mass is 453 g/mol. The number of ether oxygens (including phenoxy) is 1. The van der Waals surface area contributed by atoms with Crippen LogP contribution in [-0.4, -0.2) is 36.2 Å². The smallest absolute Gasteiger partial charge is 0.312 e. The summed E-state index contributed by atoms with van der Waals surface area (Å²) < 4.78 is 5.44. The van der Waals surface area contributed by atoms with Crippen molar-refractivity contribution >= 4 is 5.97 Å². The van der Waals surface area contributed by atoms with Crippen molar-refractivity contribution in [3.05, 3.63) is 101 Å². The molecule has 0 spiro atoms. The van der Waals surface area contributed by atoms with Crippen LogP contribution in [0.15, 0.2) is 78.9 Å². The molecule has 0 amide bonds. The van der Waals surface area contributed by atoms with E-state index in [4.69, 9.17) is 4.74 Å². The molecule has 2 fully saturated rings. The van der Waals surface area contributed by atoms with Crippen LogP contribution in [0.25, 0.3) is 0 Å².